The van der Waals surface area contributed by atoms with Crippen LogP contribution >= 0.6 is 22.9 Å². The van der Waals surface area contributed by atoms with Crippen molar-refractivity contribution in [2.75, 3.05) is 5.32 Å². The van der Waals surface area contributed by atoms with Gasteiger partial charge in [0.15, 0.2) is 5.13 Å². The summed E-state index contributed by atoms with van der Waals surface area (Å²) in [7, 11) is 0. The Bertz CT molecular complexity index is 724. The van der Waals surface area contributed by atoms with Crippen LogP contribution in [-0.4, -0.2) is 9.97 Å². The minimum Gasteiger partial charge on any atom is -0.357 e. The van der Waals surface area contributed by atoms with Crippen LogP contribution in [0.5, 0.6) is 0 Å². The minimum absolute atomic E-state index is 0.719. The number of aryl methyl sites for hydroxylation is 1. The minimum atomic E-state index is 0.719. The predicted octanol–water partition coefficient (Wildman–Crippen LogP) is 4.27. The summed E-state index contributed by atoms with van der Waals surface area (Å²) in [6.45, 7) is 2.80. The van der Waals surface area contributed by atoms with E-state index in [1.165, 1.54) is 11.1 Å². The molecule has 0 aliphatic carbocycles. The van der Waals surface area contributed by atoms with E-state index in [4.69, 9.17) is 11.6 Å². The number of hydrogen-bond donors (Lipinski definition) is 1. The van der Waals surface area contributed by atoms with Crippen LogP contribution in [0.15, 0.2) is 36.7 Å². The van der Waals surface area contributed by atoms with Crippen molar-refractivity contribution in [3.8, 4) is 0 Å². The van der Waals surface area contributed by atoms with Gasteiger partial charge in [-0.25, -0.2) is 4.98 Å². The number of nitrogens with one attached hydrogen (secondary N) is 1. The lowest BCUT2D eigenvalue weighted by Gasteiger charge is -2.04. The molecule has 0 saturated heterocycles. The average molecular weight is 290 g/mol. The smallest absolute Gasteiger partial charge is 0.184 e. The number of aromatic nitrogens is 2. The molecule has 0 atom stereocenters. The van der Waals surface area contributed by atoms with Crippen LogP contribution in [-0.2, 0) is 6.54 Å². The van der Waals surface area contributed by atoms with Gasteiger partial charge in [0.2, 0.25) is 0 Å². The summed E-state index contributed by atoms with van der Waals surface area (Å²) in [5.74, 6) is 0. The summed E-state index contributed by atoms with van der Waals surface area (Å²) in [5.41, 5.74) is 3.33. The van der Waals surface area contributed by atoms with E-state index in [1.54, 1.807) is 17.5 Å². The number of rotatable bonds is 3. The van der Waals surface area contributed by atoms with Crippen molar-refractivity contribution in [3.05, 3.63) is 52.8 Å². The van der Waals surface area contributed by atoms with E-state index in [0.717, 1.165) is 26.9 Å². The first kappa shape index (κ1) is 12.4. The Hall–Kier alpha value is -1.65. The first-order valence-electron chi connectivity index (χ1n) is 5.92. The van der Waals surface area contributed by atoms with E-state index in [-0.39, 0.29) is 0 Å². The zero-order chi connectivity index (χ0) is 13.2. The van der Waals surface area contributed by atoms with Gasteiger partial charge in [-0.3, -0.25) is 4.98 Å². The van der Waals surface area contributed by atoms with Crippen LogP contribution in [0, 0.1) is 6.92 Å². The fourth-order valence-electron chi connectivity index (χ4n) is 1.84. The molecule has 3 aromatic rings. The Morgan fingerprint density at radius 1 is 1.32 bits per heavy atom. The van der Waals surface area contributed by atoms with Gasteiger partial charge in [-0.2, -0.15) is 0 Å². The summed E-state index contributed by atoms with van der Waals surface area (Å²) in [5, 5.41) is 4.96. The van der Waals surface area contributed by atoms with Crippen LogP contribution in [0.1, 0.15) is 11.1 Å². The molecule has 2 aromatic heterocycles. The molecular formula is C14H12ClN3S. The highest BCUT2D eigenvalue weighted by Gasteiger charge is 2.06. The van der Waals surface area contributed by atoms with Crippen LogP contribution in [0.2, 0.25) is 5.02 Å². The van der Waals surface area contributed by atoms with E-state index < -0.39 is 0 Å². The first-order chi connectivity index (χ1) is 9.24. The molecule has 0 saturated carbocycles. The van der Waals surface area contributed by atoms with Gasteiger partial charge in [0.25, 0.3) is 0 Å². The van der Waals surface area contributed by atoms with E-state index in [2.05, 4.69) is 22.2 Å². The second-order valence-corrected chi connectivity index (χ2v) is 5.67. The first-order valence-corrected chi connectivity index (χ1v) is 7.12. The second-order valence-electron chi connectivity index (χ2n) is 4.26. The van der Waals surface area contributed by atoms with Crippen LogP contribution in [0.25, 0.3) is 10.2 Å². The van der Waals surface area contributed by atoms with Gasteiger partial charge >= 0.3 is 0 Å². The molecule has 0 unspecified atom stereocenters. The van der Waals surface area contributed by atoms with Gasteiger partial charge < -0.3 is 5.32 Å². The molecule has 3 rings (SSSR count). The molecular weight excluding hydrogens is 278 g/mol. The van der Waals surface area contributed by atoms with E-state index in [9.17, 15) is 0 Å². The Morgan fingerprint density at radius 3 is 3.00 bits per heavy atom. The lowest BCUT2D eigenvalue weighted by Crippen LogP contribution is -2.01. The van der Waals surface area contributed by atoms with Gasteiger partial charge in [-0.1, -0.05) is 29.0 Å². The molecule has 0 fully saturated rings. The van der Waals surface area contributed by atoms with E-state index in [1.807, 2.05) is 30.5 Å². The SMILES string of the molecule is Cc1ccncc1CNc1nc2cccc(Cl)c2s1. The molecule has 2 heterocycles. The zero-order valence-corrected chi connectivity index (χ0v) is 11.9. The highest BCUT2D eigenvalue weighted by Crippen LogP contribution is 2.31. The fourth-order valence-corrected chi connectivity index (χ4v) is 2.99. The van der Waals surface area contributed by atoms with Crippen molar-refractivity contribution >= 4 is 38.3 Å². The molecule has 96 valence electrons. The number of pyridine rings is 1. The third-order valence-electron chi connectivity index (χ3n) is 2.94. The van der Waals surface area contributed by atoms with Crippen LogP contribution in [0.4, 0.5) is 5.13 Å². The number of benzene rings is 1. The van der Waals surface area contributed by atoms with Gasteiger partial charge in [0.1, 0.15) is 0 Å². The third kappa shape index (κ3) is 2.55. The average Bonchev–Trinajstić information content (AvgIpc) is 2.82. The van der Waals surface area contributed by atoms with E-state index in [0.29, 0.717) is 0 Å². The number of anilines is 1. The molecule has 0 aliphatic heterocycles. The largest absolute Gasteiger partial charge is 0.357 e. The summed E-state index contributed by atoms with van der Waals surface area (Å²) in [4.78, 5) is 8.66. The highest BCUT2D eigenvalue weighted by molar-refractivity contribution is 7.22. The summed E-state index contributed by atoms with van der Waals surface area (Å²) < 4.78 is 1.02. The molecule has 3 nitrogen and oxygen atoms in total. The van der Waals surface area contributed by atoms with Gasteiger partial charge in [0, 0.05) is 18.9 Å². The van der Waals surface area contributed by atoms with Gasteiger partial charge in [-0.05, 0) is 36.2 Å². The van der Waals surface area contributed by atoms with Crippen molar-refractivity contribution in [1.82, 2.24) is 9.97 Å². The Kier molecular flexibility index (Phi) is 3.36. The Morgan fingerprint density at radius 2 is 2.21 bits per heavy atom. The topological polar surface area (TPSA) is 37.8 Å². The number of halogens is 1. The maximum Gasteiger partial charge on any atom is 0.184 e. The standard InChI is InChI=1S/C14H12ClN3S/c1-9-5-6-16-7-10(9)8-17-14-18-12-4-2-3-11(15)13(12)19-14/h2-7H,8H2,1H3,(H,17,18). The lowest BCUT2D eigenvalue weighted by atomic mass is 10.2. The van der Waals surface area contributed by atoms with Crippen molar-refractivity contribution in [1.29, 1.82) is 0 Å². The van der Waals surface area contributed by atoms with Crippen molar-refractivity contribution in [2.24, 2.45) is 0 Å². The third-order valence-corrected chi connectivity index (χ3v) is 4.43. The molecule has 0 bridgehead atoms. The molecule has 0 spiro atoms. The lowest BCUT2D eigenvalue weighted by molar-refractivity contribution is 1.08. The maximum atomic E-state index is 6.15. The monoisotopic (exact) mass is 289 g/mol. The van der Waals surface area contributed by atoms with Gasteiger partial charge in [-0.15, -0.1) is 0 Å². The Balaban J connectivity index is 1.83. The van der Waals surface area contributed by atoms with Gasteiger partial charge in [0.05, 0.1) is 15.2 Å². The fraction of sp³-hybridized carbons (Fsp3) is 0.143. The molecule has 5 heteroatoms. The maximum absolute atomic E-state index is 6.15. The predicted molar refractivity (Wildman–Crippen MR) is 80.9 cm³/mol. The van der Waals surface area contributed by atoms with Crippen molar-refractivity contribution in [3.63, 3.8) is 0 Å². The normalized spacial score (nSPS) is 10.8. The number of nitrogens with zero attached hydrogens (tertiary/aromatic N) is 2. The summed E-state index contributed by atoms with van der Waals surface area (Å²) >= 11 is 7.72. The van der Waals surface area contributed by atoms with E-state index >= 15 is 0 Å². The van der Waals surface area contributed by atoms with Crippen molar-refractivity contribution in [2.45, 2.75) is 13.5 Å². The summed E-state index contributed by atoms with van der Waals surface area (Å²) in [6, 6.07) is 7.78. The quantitative estimate of drug-likeness (QED) is 0.782. The molecule has 0 aliphatic rings. The molecule has 0 amide bonds. The summed E-state index contributed by atoms with van der Waals surface area (Å²) in [6.07, 6.45) is 3.68. The molecule has 1 N–H and O–H groups in total. The number of hydrogen-bond acceptors (Lipinski definition) is 4. The van der Waals surface area contributed by atoms with Crippen LogP contribution in [0.3, 0.4) is 0 Å². The molecule has 1 aromatic carbocycles. The number of fused-ring (bicyclic) bond motifs is 1. The zero-order valence-electron chi connectivity index (χ0n) is 10.4. The number of thiazole rings is 1. The van der Waals surface area contributed by atoms with Crippen molar-refractivity contribution < 1.29 is 0 Å². The highest BCUT2D eigenvalue weighted by atomic mass is 35.5. The molecule has 0 radical (unpaired) electrons. The second kappa shape index (κ2) is 5.15. The van der Waals surface area contributed by atoms with Crippen LogP contribution < -0.4 is 5.32 Å². The molecule has 19 heavy (non-hydrogen) atoms. The Labute approximate surface area is 120 Å².